The van der Waals surface area contributed by atoms with Crippen molar-refractivity contribution >= 4 is 39.5 Å². The Kier molecular flexibility index (Phi) is 55.2. The summed E-state index contributed by atoms with van der Waals surface area (Å²) in [6, 6.07) is 0. The van der Waals surface area contributed by atoms with Gasteiger partial charge in [-0.2, -0.15) is 0 Å². The molecular weight excluding hydrogens is 1100 g/mol. The van der Waals surface area contributed by atoms with Crippen LogP contribution in [-0.2, 0) is 65.4 Å². The first-order valence-corrected chi connectivity index (χ1v) is 36.5. The van der Waals surface area contributed by atoms with Gasteiger partial charge < -0.3 is 33.8 Å². The quantitative estimate of drug-likeness (QED) is 0.0222. The topological polar surface area (TPSA) is 237 Å². The molecule has 0 aromatic heterocycles. The Labute approximate surface area is 505 Å². The van der Waals surface area contributed by atoms with Gasteiger partial charge in [0, 0.05) is 25.7 Å². The van der Waals surface area contributed by atoms with E-state index in [4.69, 9.17) is 37.0 Å². The number of hydrogen-bond acceptors (Lipinski definition) is 15. The van der Waals surface area contributed by atoms with Gasteiger partial charge in [0.2, 0.25) is 0 Å². The molecule has 0 heterocycles. The molecular formula is C64H124O17P2. The molecule has 3 unspecified atom stereocenters. The summed E-state index contributed by atoms with van der Waals surface area (Å²) in [5, 5.41) is 10.5. The lowest BCUT2D eigenvalue weighted by Gasteiger charge is -2.21. The van der Waals surface area contributed by atoms with E-state index in [1.54, 1.807) is 0 Å². The number of unbranched alkanes of at least 4 members (excludes halogenated alkanes) is 32. The molecule has 83 heavy (non-hydrogen) atoms. The number of aliphatic hydroxyl groups is 1. The van der Waals surface area contributed by atoms with Gasteiger partial charge in [-0.1, -0.05) is 266 Å². The number of esters is 4. The van der Waals surface area contributed by atoms with Gasteiger partial charge >= 0.3 is 39.5 Å². The lowest BCUT2D eigenvalue weighted by Crippen LogP contribution is -2.30. The molecule has 0 bridgehead atoms. The zero-order valence-electron chi connectivity index (χ0n) is 53.5. The summed E-state index contributed by atoms with van der Waals surface area (Å²) >= 11 is 0. The number of phosphoric acid groups is 2. The number of ether oxygens (including phenoxy) is 4. The zero-order valence-corrected chi connectivity index (χ0v) is 55.3. The van der Waals surface area contributed by atoms with Crippen LogP contribution in [0.2, 0.25) is 0 Å². The van der Waals surface area contributed by atoms with Gasteiger partial charge in [0.05, 0.1) is 26.4 Å². The fourth-order valence-electron chi connectivity index (χ4n) is 9.50. The molecule has 17 nitrogen and oxygen atoms in total. The summed E-state index contributed by atoms with van der Waals surface area (Å²) in [6.07, 6.45) is 38.8. The van der Waals surface area contributed by atoms with Gasteiger partial charge in [-0.25, -0.2) is 9.13 Å². The van der Waals surface area contributed by atoms with Gasteiger partial charge in [0.25, 0.3) is 0 Å². The molecule has 0 aliphatic rings. The van der Waals surface area contributed by atoms with Crippen LogP contribution in [0.25, 0.3) is 0 Å². The molecule has 0 aromatic rings. The average molecular weight is 1230 g/mol. The first-order chi connectivity index (χ1) is 39.9. The summed E-state index contributed by atoms with van der Waals surface area (Å²) in [4.78, 5) is 72.2. The summed E-state index contributed by atoms with van der Waals surface area (Å²) in [5.74, 6) is -0.639. The highest BCUT2D eigenvalue weighted by Crippen LogP contribution is 2.45. The third-order valence-corrected chi connectivity index (χ3v) is 17.0. The molecule has 6 atom stereocenters. The monoisotopic (exact) mass is 1230 g/mol. The average Bonchev–Trinajstić information content (AvgIpc) is 3.47. The fraction of sp³-hybridized carbons (Fsp3) is 0.938. The van der Waals surface area contributed by atoms with Crippen LogP contribution < -0.4 is 0 Å². The van der Waals surface area contributed by atoms with Gasteiger partial charge in [0.1, 0.15) is 19.3 Å². The van der Waals surface area contributed by atoms with Crippen LogP contribution in [0.5, 0.6) is 0 Å². The second-order valence-corrected chi connectivity index (χ2v) is 26.8. The minimum atomic E-state index is -4.94. The van der Waals surface area contributed by atoms with E-state index in [2.05, 4.69) is 41.5 Å². The standard InChI is InChI=1S/C64H124O17P2/c1-7-10-12-14-16-18-20-28-34-40-46-61(66)74-52-59(80-63(68)48-42-36-30-21-19-17-15-13-11-8-2)54-78-82(70,71)76-50-58(65)51-77-83(72,73)79-55-60(53-75-62(67)47-41-35-29-24-22-26-32-38-44-56(4)5)81-64(69)49-43-37-31-25-23-27-33-39-45-57(6)9-3/h56-60,65H,7-55H2,1-6H3,(H,70,71)(H,72,73)/t57?,58-,59+,60+/m0/s1. The second kappa shape index (κ2) is 56.6. The first-order valence-electron chi connectivity index (χ1n) is 33.5. The fourth-order valence-corrected chi connectivity index (χ4v) is 11.1. The number of aliphatic hydroxyl groups excluding tert-OH is 1. The Balaban J connectivity index is 5.25. The number of hydrogen-bond donors (Lipinski definition) is 3. The summed E-state index contributed by atoms with van der Waals surface area (Å²) in [6.45, 7) is 9.44. The van der Waals surface area contributed by atoms with Gasteiger partial charge in [-0.3, -0.25) is 37.3 Å². The molecule has 3 N–H and O–H groups in total. The predicted octanol–water partition coefficient (Wildman–Crippen LogP) is 17.7. The van der Waals surface area contributed by atoms with Crippen LogP contribution in [0.3, 0.4) is 0 Å². The summed E-state index contributed by atoms with van der Waals surface area (Å²) < 4.78 is 68.0. The molecule has 0 amide bonds. The highest BCUT2D eigenvalue weighted by Gasteiger charge is 2.30. The summed E-state index contributed by atoms with van der Waals surface area (Å²) in [7, 11) is -9.89. The van der Waals surface area contributed by atoms with E-state index in [-0.39, 0.29) is 25.7 Å². The van der Waals surface area contributed by atoms with Crippen LogP contribution in [0.15, 0.2) is 0 Å². The minimum absolute atomic E-state index is 0.104. The van der Waals surface area contributed by atoms with Crippen LogP contribution in [-0.4, -0.2) is 96.7 Å². The molecule has 492 valence electrons. The maximum atomic E-state index is 13.0. The van der Waals surface area contributed by atoms with E-state index in [1.165, 1.54) is 135 Å². The van der Waals surface area contributed by atoms with E-state index < -0.39 is 97.5 Å². The van der Waals surface area contributed by atoms with Crippen molar-refractivity contribution in [3.63, 3.8) is 0 Å². The third kappa shape index (κ3) is 57.6. The second-order valence-electron chi connectivity index (χ2n) is 23.9. The Morgan fingerprint density at radius 2 is 0.614 bits per heavy atom. The number of carbonyl (C=O) groups excluding carboxylic acids is 4. The number of phosphoric ester groups is 2. The maximum absolute atomic E-state index is 13.0. The molecule has 0 rings (SSSR count). The third-order valence-electron chi connectivity index (χ3n) is 15.1. The van der Waals surface area contributed by atoms with Crippen LogP contribution >= 0.6 is 15.6 Å². The van der Waals surface area contributed by atoms with Gasteiger partial charge in [0.15, 0.2) is 12.2 Å². The Bertz CT molecular complexity index is 1630. The highest BCUT2D eigenvalue weighted by atomic mass is 31.2. The number of rotatable bonds is 63. The van der Waals surface area contributed by atoms with E-state index in [1.807, 2.05) is 0 Å². The molecule has 0 aliphatic carbocycles. The van der Waals surface area contributed by atoms with Crippen molar-refractivity contribution in [2.24, 2.45) is 11.8 Å². The SMILES string of the molecule is CCCCCCCCCCCCC(=O)OC[C@H](COP(=O)(O)OC[C@H](O)COP(=O)(O)OC[C@@H](COC(=O)CCCCCCCCCCC(C)C)OC(=O)CCCCCCCCCCC(C)CC)OC(=O)CCCCCCCCCCCC. The normalized spacial score (nSPS) is 14.6. The number of carbonyl (C=O) groups is 4. The largest absolute Gasteiger partial charge is 0.472 e. The van der Waals surface area contributed by atoms with Crippen molar-refractivity contribution in [1.29, 1.82) is 0 Å². The molecule has 0 aromatic carbocycles. The lowest BCUT2D eigenvalue weighted by molar-refractivity contribution is -0.161. The maximum Gasteiger partial charge on any atom is 0.472 e. The minimum Gasteiger partial charge on any atom is -0.462 e. The van der Waals surface area contributed by atoms with Crippen molar-refractivity contribution in [2.75, 3.05) is 39.6 Å². The van der Waals surface area contributed by atoms with Crippen molar-refractivity contribution in [2.45, 2.75) is 336 Å². The Hall–Kier alpha value is -1.94. The Morgan fingerprint density at radius 3 is 0.916 bits per heavy atom. The van der Waals surface area contributed by atoms with Crippen molar-refractivity contribution in [3.05, 3.63) is 0 Å². The van der Waals surface area contributed by atoms with E-state index >= 15 is 0 Å². The lowest BCUT2D eigenvalue weighted by atomic mass is 9.99. The highest BCUT2D eigenvalue weighted by molar-refractivity contribution is 7.47. The van der Waals surface area contributed by atoms with E-state index in [0.717, 1.165) is 102 Å². The summed E-state index contributed by atoms with van der Waals surface area (Å²) in [5.41, 5.74) is 0. The van der Waals surface area contributed by atoms with E-state index in [9.17, 15) is 43.2 Å². The molecule has 0 fully saturated rings. The van der Waals surface area contributed by atoms with Crippen molar-refractivity contribution in [1.82, 2.24) is 0 Å². The molecule has 0 aliphatic heterocycles. The van der Waals surface area contributed by atoms with Crippen LogP contribution in [0.4, 0.5) is 0 Å². The van der Waals surface area contributed by atoms with Crippen molar-refractivity contribution < 1.29 is 80.2 Å². The van der Waals surface area contributed by atoms with Crippen molar-refractivity contribution in [3.8, 4) is 0 Å². The smallest absolute Gasteiger partial charge is 0.462 e. The van der Waals surface area contributed by atoms with Crippen LogP contribution in [0.1, 0.15) is 318 Å². The molecule has 0 radical (unpaired) electrons. The molecule has 0 spiro atoms. The molecule has 19 heteroatoms. The molecule has 0 saturated carbocycles. The first kappa shape index (κ1) is 81.1. The van der Waals surface area contributed by atoms with Gasteiger partial charge in [-0.05, 0) is 37.5 Å². The Morgan fingerprint density at radius 1 is 0.349 bits per heavy atom. The van der Waals surface area contributed by atoms with Gasteiger partial charge in [-0.15, -0.1) is 0 Å². The molecule has 0 saturated heterocycles. The predicted molar refractivity (Wildman–Crippen MR) is 331 cm³/mol. The van der Waals surface area contributed by atoms with E-state index in [0.29, 0.717) is 25.7 Å². The zero-order chi connectivity index (χ0) is 61.5. The van der Waals surface area contributed by atoms with Crippen LogP contribution in [0, 0.1) is 11.8 Å².